The summed E-state index contributed by atoms with van der Waals surface area (Å²) in [5.41, 5.74) is -3.71. The zero-order valence-corrected chi connectivity index (χ0v) is 15.7. The summed E-state index contributed by atoms with van der Waals surface area (Å²) in [5.74, 6) is -0.502. The van der Waals surface area contributed by atoms with Gasteiger partial charge in [0.25, 0.3) is 0 Å². The van der Waals surface area contributed by atoms with Crippen LogP contribution in [0.5, 0.6) is 0 Å². The fourth-order valence-corrected chi connectivity index (χ4v) is 4.70. The molecule has 0 aliphatic rings. The molecule has 0 atom stereocenters. The standard InChI is InChI=1S/C14H10F6N4O2S2/c1-3-28(25,26)12-8(9(14(18,19)20)23-24(12)2)11-22-7-4-6(13(15,16)17)5-21-10(7)27-11/h4-5H,3H2,1-2H3. The van der Waals surface area contributed by atoms with Crippen LogP contribution < -0.4 is 0 Å². The Kier molecular flexibility index (Phi) is 4.69. The molecular formula is C14H10F6N4O2S2. The fourth-order valence-electron chi connectivity index (χ4n) is 2.48. The minimum atomic E-state index is -5.00. The molecule has 3 aromatic heterocycles. The molecule has 152 valence electrons. The first kappa shape index (κ1) is 20.5. The number of sulfone groups is 1. The third-order valence-corrected chi connectivity index (χ3v) is 6.54. The largest absolute Gasteiger partial charge is 0.435 e. The van der Waals surface area contributed by atoms with Crippen molar-refractivity contribution in [3.8, 4) is 10.6 Å². The van der Waals surface area contributed by atoms with E-state index in [1.165, 1.54) is 6.92 Å². The normalized spacial score (nSPS) is 13.4. The minimum absolute atomic E-state index is 0.0696. The SMILES string of the molecule is CCS(=O)(=O)c1c(-c2nc3cc(C(F)(F)F)cnc3s2)c(C(F)(F)F)nn1C. The number of nitrogens with zero attached hydrogens (tertiary/aromatic N) is 4. The Morgan fingerprint density at radius 2 is 1.79 bits per heavy atom. The summed E-state index contributed by atoms with van der Waals surface area (Å²) in [4.78, 5) is 7.30. The van der Waals surface area contributed by atoms with Crippen molar-refractivity contribution in [3.63, 3.8) is 0 Å². The van der Waals surface area contributed by atoms with E-state index < -0.39 is 54.8 Å². The maximum atomic E-state index is 13.4. The average Bonchev–Trinajstić information content (AvgIpc) is 3.13. The number of fused-ring (bicyclic) bond motifs is 1. The van der Waals surface area contributed by atoms with E-state index in [1.807, 2.05) is 0 Å². The van der Waals surface area contributed by atoms with Crippen molar-refractivity contribution < 1.29 is 34.8 Å². The zero-order chi connectivity index (χ0) is 21.1. The molecule has 0 saturated carbocycles. The van der Waals surface area contributed by atoms with Crippen molar-refractivity contribution >= 4 is 31.5 Å². The van der Waals surface area contributed by atoms with Gasteiger partial charge in [0.05, 0.1) is 16.9 Å². The van der Waals surface area contributed by atoms with Gasteiger partial charge < -0.3 is 0 Å². The van der Waals surface area contributed by atoms with Gasteiger partial charge in [0.1, 0.15) is 15.4 Å². The maximum absolute atomic E-state index is 13.4. The van der Waals surface area contributed by atoms with Gasteiger partial charge in [-0.15, -0.1) is 0 Å². The summed E-state index contributed by atoms with van der Waals surface area (Å²) in [6, 6.07) is 0.639. The third kappa shape index (κ3) is 3.45. The van der Waals surface area contributed by atoms with Gasteiger partial charge in [-0.3, -0.25) is 4.68 Å². The summed E-state index contributed by atoms with van der Waals surface area (Å²) in [5, 5.41) is 2.13. The molecule has 0 N–H and O–H groups in total. The van der Waals surface area contributed by atoms with Gasteiger partial charge in [-0.2, -0.15) is 31.4 Å². The van der Waals surface area contributed by atoms with Crippen LogP contribution in [0.1, 0.15) is 18.2 Å². The highest BCUT2D eigenvalue weighted by Gasteiger charge is 2.42. The molecule has 0 bridgehead atoms. The number of pyridine rings is 1. The highest BCUT2D eigenvalue weighted by atomic mass is 32.2. The molecule has 3 aromatic rings. The molecule has 3 rings (SSSR count). The van der Waals surface area contributed by atoms with Crippen molar-refractivity contribution in [2.45, 2.75) is 24.3 Å². The number of aromatic nitrogens is 4. The second-order valence-corrected chi connectivity index (χ2v) is 8.79. The number of hydrogen-bond donors (Lipinski definition) is 0. The van der Waals surface area contributed by atoms with Crippen LogP contribution in [0.15, 0.2) is 17.3 Å². The first-order valence-electron chi connectivity index (χ1n) is 7.46. The van der Waals surface area contributed by atoms with E-state index in [0.717, 1.165) is 7.05 Å². The monoisotopic (exact) mass is 444 g/mol. The van der Waals surface area contributed by atoms with Gasteiger partial charge in [-0.05, 0) is 6.07 Å². The molecule has 0 aliphatic heterocycles. The predicted molar refractivity (Wildman–Crippen MR) is 87.3 cm³/mol. The van der Waals surface area contributed by atoms with E-state index in [4.69, 9.17) is 0 Å². The molecule has 0 spiro atoms. The van der Waals surface area contributed by atoms with E-state index in [9.17, 15) is 34.8 Å². The van der Waals surface area contributed by atoms with Gasteiger partial charge in [-0.1, -0.05) is 18.3 Å². The average molecular weight is 444 g/mol. The molecule has 0 aromatic carbocycles. The molecule has 0 unspecified atom stereocenters. The minimum Gasteiger partial charge on any atom is -0.256 e. The van der Waals surface area contributed by atoms with Crippen molar-refractivity contribution in [2.75, 3.05) is 5.75 Å². The fraction of sp³-hybridized carbons (Fsp3) is 0.357. The van der Waals surface area contributed by atoms with E-state index >= 15 is 0 Å². The number of rotatable bonds is 3. The molecule has 0 radical (unpaired) electrons. The Balaban J connectivity index is 2.34. The summed E-state index contributed by atoms with van der Waals surface area (Å²) >= 11 is 0.547. The number of hydrogen-bond acceptors (Lipinski definition) is 6. The quantitative estimate of drug-likeness (QED) is 0.573. The Morgan fingerprint density at radius 1 is 1.14 bits per heavy atom. The van der Waals surface area contributed by atoms with Gasteiger partial charge >= 0.3 is 12.4 Å². The highest BCUT2D eigenvalue weighted by Crippen LogP contribution is 2.43. The van der Waals surface area contributed by atoms with Crippen molar-refractivity contribution in [3.05, 3.63) is 23.5 Å². The van der Waals surface area contributed by atoms with Crippen molar-refractivity contribution in [1.82, 2.24) is 19.7 Å². The molecule has 14 heteroatoms. The molecule has 0 saturated heterocycles. The van der Waals surface area contributed by atoms with Crippen LogP contribution in [-0.4, -0.2) is 33.9 Å². The Bertz CT molecular complexity index is 1160. The van der Waals surface area contributed by atoms with E-state index in [1.54, 1.807) is 0 Å². The Morgan fingerprint density at radius 3 is 2.32 bits per heavy atom. The lowest BCUT2D eigenvalue weighted by molar-refractivity contribution is -0.141. The first-order valence-corrected chi connectivity index (χ1v) is 9.93. The Hall–Kier alpha value is -2.22. The van der Waals surface area contributed by atoms with Gasteiger partial charge in [-0.25, -0.2) is 18.4 Å². The van der Waals surface area contributed by atoms with Crippen LogP contribution in [-0.2, 0) is 29.2 Å². The van der Waals surface area contributed by atoms with Crippen molar-refractivity contribution in [2.24, 2.45) is 7.05 Å². The smallest absolute Gasteiger partial charge is 0.256 e. The number of alkyl halides is 6. The molecule has 0 aliphatic carbocycles. The molecule has 0 fully saturated rings. The predicted octanol–water partition coefficient (Wildman–Crippen LogP) is 3.92. The molecular weight excluding hydrogens is 434 g/mol. The van der Waals surface area contributed by atoms with Gasteiger partial charge in [0, 0.05) is 13.2 Å². The van der Waals surface area contributed by atoms with Crippen LogP contribution >= 0.6 is 11.3 Å². The van der Waals surface area contributed by atoms with Gasteiger partial charge in [0.2, 0.25) is 0 Å². The Labute approximate surface area is 157 Å². The van der Waals surface area contributed by atoms with Crippen molar-refractivity contribution in [1.29, 1.82) is 0 Å². The van der Waals surface area contributed by atoms with Gasteiger partial charge in [0.15, 0.2) is 20.6 Å². The zero-order valence-electron chi connectivity index (χ0n) is 14.1. The summed E-state index contributed by atoms with van der Waals surface area (Å²) in [6.07, 6.45) is -9.19. The lowest BCUT2D eigenvalue weighted by Crippen LogP contribution is -2.11. The van der Waals surface area contributed by atoms with Crippen LogP contribution in [0, 0.1) is 0 Å². The number of halogens is 6. The van der Waals surface area contributed by atoms with E-state index in [-0.39, 0.29) is 10.3 Å². The third-order valence-electron chi connectivity index (χ3n) is 3.73. The van der Waals surface area contributed by atoms with Crippen LogP contribution in [0.25, 0.3) is 20.9 Å². The summed E-state index contributed by atoms with van der Waals surface area (Å²) in [6.45, 7) is 1.24. The summed E-state index contributed by atoms with van der Waals surface area (Å²) in [7, 11) is -3.11. The maximum Gasteiger partial charge on any atom is 0.435 e. The molecule has 28 heavy (non-hydrogen) atoms. The summed E-state index contributed by atoms with van der Waals surface area (Å²) < 4.78 is 104. The lowest BCUT2D eigenvalue weighted by Gasteiger charge is -2.06. The number of aryl methyl sites for hydroxylation is 1. The van der Waals surface area contributed by atoms with Crippen LogP contribution in [0.2, 0.25) is 0 Å². The molecule has 6 nitrogen and oxygen atoms in total. The molecule has 0 amide bonds. The number of thiazole rings is 1. The molecule has 3 heterocycles. The first-order chi connectivity index (χ1) is 12.8. The van der Waals surface area contributed by atoms with E-state index in [2.05, 4.69) is 15.1 Å². The second kappa shape index (κ2) is 6.40. The van der Waals surface area contributed by atoms with E-state index in [0.29, 0.717) is 28.3 Å². The highest BCUT2D eigenvalue weighted by molar-refractivity contribution is 7.91. The van der Waals surface area contributed by atoms with Crippen LogP contribution in [0.3, 0.4) is 0 Å². The lowest BCUT2D eigenvalue weighted by atomic mass is 10.2. The second-order valence-electron chi connectivity index (χ2n) is 5.62. The topological polar surface area (TPSA) is 77.7 Å². The van der Waals surface area contributed by atoms with Crippen LogP contribution in [0.4, 0.5) is 26.3 Å².